The fourth-order valence-electron chi connectivity index (χ4n) is 3.99. The quantitative estimate of drug-likeness (QED) is 0.367. The van der Waals surface area contributed by atoms with Gasteiger partial charge in [0.25, 0.3) is 0 Å². The molecule has 3 aromatic rings. The number of carbonyl (C=O) groups excluding carboxylic acids is 2. The minimum atomic E-state index is -0.565. The average molecular weight is 457 g/mol. The third-order valence-electron chi connectivity index (χ3n) is 6.04. The zero-order valence-corrected chi connectivity index (χ0v) is 20.4. The van der Waals surface area contributed by atoms with Gasteiger partial charge < -0.3 is 10.2 Å². The number of carbonyl (C=O) groups is 2. The first-order valence-corrected chi connectivity index (χ1v) is 12.3. The molecule has 34 heavy (non-hydrogen) atoms. The molecule has 178 valence electrons. The Kier molecular flexibility index (Phi) is 9.90. The van der Waals surface area contributed by atoms with Crippen molar-refractivity contribution < 1.29 is 9.59 Å². The van der Waals surface area contributed by atoms with Gasteiger partial charge in [-0.05, 0) is 36.5 Å². The van der Waals surface area contributed by atoms with Crippen molar-refractivity contribution in [3.63, 3.8) is 0 Å². The zero-order chi connectivity index (χ0) is 24.2. The Balaban J connectivity index is 1.85. The summed E-state index contributed by atoms with van der Waals surface area (Å²) < 4.78 is 0. The van der Waals surface area contributed by atoms with Crippen LogP contribution in [0.5, 0.6) is 0 Å². The summed E-state index contributed by atoms with van der Waals surface area (Å²) in [6, 6.07) is 27.6. The largest absolute Gasteiger partial charge is 0.354 e. The standard InChI is InChI=1S/C30H36N2O2/c1-3-4-21-31-30(34)28(22-26-11-7-5-8-12-26)32(23-27-13-9-6-10-14-27)29(33)20-19-25-17-15-24(2)16-18-25/h5-18,28H,3-4,19-23H2,1-2H3,(H,31,34). The highest BCUT2D eigenvalue weighted by atomic mass is 16.2. The average Bonchev–Trinajstić information content (AvgIpc) is 2.87. The van der Waals surface area contributed by atoms with Crippen molar-refractivity contribution in [1.82, 2.24) is 10.2 Å². The van der Waals surface area contributed by atoms with E-state index in [1.165, 1.54) is 5.56 Å². The molecule has 0 radical (unpaired) electrons. The predicted octanol–water partition coefficient (Wildman–Crippen LogP) is 5.48. The highest BCUT2D eigenvalue weighted by molar-refractivity contribution is 5.88. The van der Waals surface area contributed by atoms with Crippen molar-refractivity contribution in [2.24, 2.45) is 0 Å². The molecule has 1 unspecified atom stereocenters. The maximum Gasteiger partial charge on any atom is 0.243 e. The summed E-state index contributed by atoms with van der Waals surface area (Å²) in [5.74, 6) is -0.0899. The molecule has 0 bridgehead atoms. The van der Waals surface area contributed by atoms with Gasteiger partial charge in [-0.25, -0.2) is 0 Å². The molecule has 0 aromatic heterocycles. The van der Waals surface area contributed by atoms with E-state index in [4.69, 9.17) is 0 Å². The molecule has 2 amide bonds. The molecule has 1 N–H and O–H groups in total. The molecule has 0 spiro atoms. The van der Waals surface area contributed by atoms with Crippen molar-refractivity contribution >= 4 is 11.8 Å². The third kappa shape index (κ3) is 7.87. The molecular formula is C30H36N2O2. The van der Waals surface area contributed by atoms with Gasteiger partial charge in [-0.2, -0.15) is 0 Å². The number of hydrogen-bond acceptors (Lipinski definition) is 2. The van der Waals surface area contributed by atoms with E-state index < -0.39 is 6.04 Å². The van der Waals surface area contributed by atoms with Crippen LogP contribution in [0.3, 0.4) is 0 Å². The summed E-state index contributed by atoms with van der Waals surface area (Å²) in [4.78, 5) is 28.7. The van der Waals surface area contributed by atoms with Crippen molar-refractivity contribution in [2.45, 2.75) is 58.5 Å². The maximum atomic E-state index is 13.6. The Hall–Kier alpha value is -3.40. The highest BCUT2D eigenvalue weighted by Gasteiger charge is 2.30. The minimum absolute atomic E-state index is 0.00370. The van der Waals surface area contributed by atoms with Crippen molar-refractivity contribution in [1.29, 1.82) is 0 Å². The van der Waals surface area contributed by atoms with E-state index in [2.05, 4.69) is 43.4 Å². The summed E-state index contributed by atoms with van der Waals surface area (Å²) in [6.45, 7) is 5.19. The van der Waals surface area contributed by atoms with E-state index >= 15 is 0 Å². The number of benzene rings is 3. The van der Waals surface area contributed by atoms with Gasteiger partial charge in [-0.15, -0.1) is 0 Å². The van der Waals surface area contributed by atoms with Crippen LogP contribution in [0.25, 0.3) is 0 Å². The van der Waals surface area contributed by atoms with Crippen LogP contribution in [-0.4, -0.2) is 29.3 Å². The smallest absolute Gasteiger partial charge is 0.243 e. The first-order chi connectivity index (χ1) is 16.6. The first kappa shape index (κ1) is 25.2. The van der Waals surface area contributed by atoms with Crippen molar-refractivity contribution in [3.8, 4) is 0 Å². The lowest BCUT2D eigenvalue weighted by atomic mass is 10.0. The van der Waals surface area contributed by atoms with Crippen LogP contribution in [0.15, 0.2) is 84.9 Å². The van der Waals surface area contributed by atoms with E-state index in [-0.39, 0.29) is 11.8 Å². The third-order valence-corrected chi connectivity index (χ3v) is 6.04. The van der Waals surface area contributed by atoms with Gasteiger partial charge in [0.15, 0.2) is 0 Å². The predicted molar refractivity (Wildman–Crippen MR) is 138 cm³/mol. The molecule has 0 heterocycles. The lowest BCUT2D eigenvalue weighted by Crippen LogP contribution is -2.50. The highest BCUT2D eigenvalue weighted by Crippen LogP contribution is 2.17. The Morgan fingerprint density at radius 2 is 1.44 bits per heavy atom. The van der Waals surface area contributed by atoms with E-state index in [9.17, 15) is 9.59 Å². The molecule has 0 aliphatic carbocycles. The molecule has 0 saturated heterocycles. The maximum absolute atomic E-state index is 13.6. The lowest BCUT2D eigenvalue weighted by molar-refractivity contribution is -0.141. The van der Waals surface area contributed by atoms with E-state index in [1.807, 2.05) is 60.7 Å². The summed E-state index contributed by atoms with van der Waals surface area (Å²) in [5, 5.41) is 3.07. The molecule has 3 rings (SSSR count). The summed E-state index contributed by atoms with van der Waals surface area (Å²) in [6.07, 6.45) is 3.43. The molecule has 1 atom stereocenters. The monoisotopic (exact) mass is 456 g/mol. The van der Waals surface area contributed by atoms with Crippen molar-refractivity contribution in [3.05, 3.63) is 107 Å². The van der Waals surface area contributed by atoms with E-state index in [1.54, 1.807) is 4.90 Å². The number of amides is 2. The van der Waals surface area contributed by atoms with Crippen LogP contribution in [0.2, 0.25) is 0 Å². The summed E-state index contributed by atoms with van der Waals surface area (Å²) in [7, 11) is 0. The van der Waals surface area contributed by atoms with Crippen LogP contribution in [0.1, 0.15) is 48.4 Å². The molecule has 0 fully saturated rings. The second-order valence-electron chi connectivity index (χ2n) is 8.84. The summed E-state index contributed by atoms with van der Waals surface area (Å²) >= 11 is 0. The van der Waals surface area contributed by atoms with Gasteiger partial charge in [-0.1, -0.05) is 104 Å². The van der Waals surface area contributed by atoms with Crippen molar-refractivity contribution in [2.75, 3.05) is 6.54 Å². The Labute approximate surface area is 204 Å². The molecule has 0 aliphatic rings. The second-order valence-corrected chi connectivity index (χ2v) is 8.84. The van der Waals surface area contributed by atoms with Crippen LogP contribution in [-0.2, 0) is 29.0 Å². The molecule has 4 heteroatoms. The first-order valence-electron chi connectivity index (χ1n) is 12.3. The Morgan fingerprint density at radius 1 is 0.824 bits per heavy atom. The fraction of sp³-hybridized carbons (Fsp3) is 0.333. The number of hydrogen-bond donors (Lipinski definition) is 1. The normalized spacial score (nSPS) is 11.6. The van der Waals surface area contributed by atoms with Gasteiger partial charge in [0.1, 0.15) is 6.04 Å². The van der Waals surface area contributed by atoms with Gasteiger partial charge in [-0.3, -0.25) is 9.59 Å². The topological polar surface area (TPSA) is 49.4 Å². The number of nitrogens with zero attached hydrogens (tertiary/aromatic N) is 1. The fourth-order valence-corrected chi connectivity index (χ4v) is 3.99. The van der Waals surface area contributed by atoms with Gasteiger partial charge in [0, 0.05) is 25.9 Å². The number of rotatable bonds is 12. The molecular weight excluding hydrogens is 420 g/mol. The number of aryl methyl sites for hydroxylation is 2. The molecule has 3 aromatic carbocycles. The molecule has 0 saturated carbocycles. The van der Waals surface area contributed by atoms with Crippen LogP contribution in [0.4, 0.5) is 0 Å². The lowest BCUT2D eigenvalue weighted by Gasteiger charge is -2.31. The van der Waals surface area contributed by atoms with Gasteiger partial charge in [0.2, 0.25) is 11.8 Å². The Bertz CT molecular complexity index is 1020. The van der Waals surface area contributed by atoms with Crippen LogP contribution in [0, 0.1) is 6.92 Å². The van der Waals surface area contributed by atoms with Crippen LogP contribution >= 0.6 is 0 Å². The Morgan fingerprint density at radius 3 is 2.06 bits per heavy atom. The van der Waals surface area contributed by atoms with Crippen LogP contribution < -0.4 is 5.32 Å². The summed E-state index contributed by atoms with van der Waals surface area (Å²) in [5.41, 5.74) is 4.39. The minimum Gasteiger partial charge on any atom is -0.354 e. The number of nitrogens with one attached hydrogen (secondary N) is 1. The van der Waals surface area contributed by atoms with E-state index in [0.717, 1.165) is 29.5 Å². The SMILES string of the molecule is CCCCNC(=O)C(Cc1ccccc1)N(Cc1ccccc1)C(=O)CCc1ccc(C)cc1. The van der Waals surface area contributed by atoms with E-state index in [0.29, 0.717) is 32.4 Å². The molecule has 0 aliphatic heterocycles. The van der Waals surface area contributed by atoms with Gasteiger partial charge in [0.05, 0.1) is 0 Å². The second kappa shape index (κ2) is 13.3. The van der Waals surface area contributed by atoms with Gasteiger partial charge >= 0.3 is 0 Å². The molecule has 4 nitrogen and oxygen atoms in total. The number of unbranched alkanes of at least 4 members (excludes halogenated alkanes) is 1. The zero-order valence-electron chi connectivity index (χ0n) is 20.4.